The summed E-state index contributed by atoms with van der Waals surface area (Å²) in [6.07, 6.45) is 6.85. The number of anilines is 2. The molecule has 0 saturated heterocycles. The van der Waals surface area contributed by atoms with Gasteiger partial charge in [-0.2, -0.15) is 0 Å². The topological polar surface area (TPSA) is 17.0 Å². The molecule has 5 rings (SSSR count). The van der Waals surface area contributed by atoms with Gasteiger partial charge in [0.1, 0.15) is 0 Å². The molecule has 0 amide bonds. The van der Waals surface area contributed by atoms with E-state index in [9.17, 15) is 0 Å². The van der Waals surface area contributed by atoms with Crippen molar-refractivity contribution in [2.24, 2.45) is 0 Å². The SMILES string of the molecule is C1=Cc2c(c3cccc4c3n2-c2ccccc2N4)CC1. The van der Waals surface area contributed by atoms with Crippen LogP contribution < -0.4 is 5.32 Å². The Kier molecular flexibility index (Phi) is 1.83. The van der Waals surface area contributed by atoms with E-state index >= 15 is 0 Å². The summed E-state index contributed by atoms with van der Waals surface area (Å²) >= 11 is 0. The number of hydrogen-bond acceptors (Lipinski definition) is 1. The maximum atomic E-state index is 3.57. The molecular weight excluding hydrogens is 244 g/mol. The average Bonchev–Trinajstić information content (AvgIpc) is 2.85. The van der Waals surface area contributed by atoms with Gasteiger partial charge in [-0.1, -0.05) is 30.3 Å². The molecule has 1 aromatic heterocycles. The van der Waals surface area contributed by atoms with Crippen LogP contribution in [0.5, 0.6) is 0 Å². The standard InChI is InChI=1S/C18H14N2/c1-3-10-16-12(6-1)13-7-5-9-15-18(13)20(16)17-11-4-2-8-14(17)19-15/h2-5,7-11,19H,1,6H2. The third-order valence-electron chi connectivity index (χ3n) is 4.39. The third kappa shape index (κ3) is 1.14. The van der Waals surface area contributed by atoms with Crippen molar-refractivity contribution >= 4 is 28.4 Å². The zero-order valence-corrected chi connectivity index (χ0v) is 11.1. The Morgan fingerprint density at radius 2 is 1.85 bits per heavy atom. The molecule has 0 saturated carbocycles. The first-order valence-electron chi connectivity index (χ1n) is 7.13. The summed E-state index contributed by atoms with van der Waals surface area (Å²) in [7, 11) is 0. The van der Waals surface area contributed by atoms with Gasteiger partial charge in [-0.15, -0.1) is 0 Å². The first kappa shape index (κ1) is 10.3. The van der Waals surface area contributed by atoms with E-state index in [1.807, 2.05) is 0 Å². The fraction of sp³-hybridized carbons (Fsp3) is 0.111. The summed E-state index contributed by atoms with van der Waals surface area (Å²) in [5.74, 6) is 0. The molecule has 0 unspecified atom stereocenters. The van der Waals surface area contributed by atoms with Gasteiger partial charge in [0.15, 0.2) is 0 Å². The second-order valence-corrected chi connectivity index (χ2v) is 5.48. The van der Waals surface area contributed by atoms with Crippen LogP contribution in [-0.2, 0) is 6.42 Å². The molecule has 0 atom stereocenters. The van der Waals surface area contributed by atoms with Crippen molar-refractivity contribution in [3.05, 3.63) is 59.8 Å². The first-order chi connectivity index (χ1) is 9.93. The molecule has 2 aliphatic rings. The number of rotatable bonds is 0. The summed E-state index contributed by atoms with van der Waals surface area (Å²) in [4.78, 5) is 0. The van der Waals surface area contributed by atoms with Crippen LogP contribution >= 0.6 is 0 Å². The molecule has 0 fully saturated rings. The maximum absolute atomic E-state index is 3.57. The normalized spacial score (nSPS) is 14.8. The van der Waals surface area contributed by atoms with Crippen LogP contribution in [0.4, 0.5) is 11.4 Å². The highest BCUT2D eigenvalue weighted by molar-refractivity contribution is 6.02. The van der Waals surface area contributed by atoms with Crippen LogP contribution in [0, 0.1) is 0 Å². The van der Waals surface area contributed by atoms with Gasteiger partial charge in [0.05, 0.1) is 22.6 Å². The Morgan fingerprint density at radius 3 is 2.85 bits per heavy atom. The lowest BCUT2D eigenvalue weighted by molar-refractivity contribution is 0.966. The summed E-state index contributed by atoms with van der Waals surface area (Å²) in [5, 5.41) is 4.96. The zero-order valence-electron chi connectivity index (χ0n) is 11.1. The van der Waals surface area contributed by atoms with E-state index in [4.69, 9.17) is 0 Å². The van der Waals surface area contributed by atoms with Crippen molar-refractivity contribution in [3.8, 4) is 5.69 Å². The largest absolute Gasteiger partial charge is 0.352 e. The van der Waals surface area contributed by atoms with Crippen molar-refractivity contribution in [3.63, 3.8) is 0 Å². The van der Waals surface area contributed by atoms with Crippen LogP contribution in [-0.4, -0.2) is 4.57 Å². The van der Waals surface area contributed by atoms with Crippen molar-refractivity contribution in [1.29, 1.82) is 0 Å². The number of hydrogen-bond donors (Lipinski definition) is 1. The number of nitrogens with one attached hydrogen (secondary N) is 1. The average molecular weight is 258 g/mol. The molecule has 0 spiro atoms. The smallest absolute Gasteiger partial charge is 0.0774 e. The molecule has 1 aliphatic carbocycles. The number of nitrogens with zero attached hydrogens (tertiary/aromatic N) is 1. The summed E-state index contributed by atoms with van der Waals surface area (Å²) in [6, 6.07) is 15.1. The van der Waals surface area contributed by atoms with Gasteiger partial charge in [0.25, 0.3) is 0 Å². The minimum Gasteiger partial charge on any atom is -0.352 e. The molecule has 1 N–H and O–H groups in total. The number of allylic oxidation sites excluding steroid dienone is 1. The molecule has 2 heteroatoms. The van der Waals surface area contributed by atoms with E-state index in [0.717, 1.165) is 12.8 Å². The van der Waals surface area contributed by atoms with E-state index in [-0.39, 0.29) is 0 Å². The monoisotopic (exact) mass is 258 g/mol. The van der Waals surface area contributed by atoms with E-state index in [0.29, 0.717) is 0 Å². The molecule has 2 nitrogen and oxygen atoms in total. The van der Waals surface area contributed by atoms with Crippen molar-refractivity contribution in [2.75, 3.05) is 5.32 Å². The van der Waals surface area contributed by atoms with Gasteiger partial charge in [-0.25, -0.2) is 0 Å². The van der Waals surface area contributed by atoms with Gasteiger partial charge in [0.2, 0.25) is 0 Å². The molecule has 2 aromatic carbocycles. The highest BCUT2D eigenvalue weighted by Gasteiger charge is 2.24. The second kappa shape index (κ2) is 3.54. The Bertz CT molecular complexity index is 884. The van der Waals surface area contributed by atoms with Crippen molar-refractivity contribution in [2.45, 2.75) is 12.8 Å². The van der Waals surface area contributed by atoms with Crippen LogP contribution in [0.1, 0.15) is 17.7 Å². The minimum atomic E-state index is 1.14. The molecule has 20 heavy (non-hydrogen) atoms. The quantitative estimate of drug-likeness (QED) is 0.486. The van der Waals surface area contributed by atoms with Crippen molar-refractivity contribution < 1.29 is 0 Å². The lowest BCUT2D eigenvalue weighted by Crippen LogP contribution is -2.08. The fourth-order valence-corrected chi connectivity index (χ4v) is 3.55. The van der Waals surface area contributed by atoms with E-state index in [2.05, 4.69) is 64.5 Å². The highest BCUT2D eigenvalue weighted by Crippen LogP contribution is 2.43. The predicted molar refractivity (Wildman–Crippen MR) is 83.9 cm³/mol. The number of aryl methyl sites for hydroxylation is 1. The van der Waals surface area contributed by atoms with Gasteiger partial charge in [0, 0.05) is 11.1 Å². The number of para-hydroxylation sites is 3. The molecule has 0 bridgehead atoms. The van der Waals surface area contributed by atoms with Gasteiger partial charge in [-0.05, 0) is 42.7 Å². The Morgan fingerprint density at radius 1 is 0.950 bits per heavy atom. The van der Waals surface area contributed by atoms with Crippen LogP contribution in [0.2, 0.25) is 0 Å². The maximum Gasteiger partial charge on any atom is 0.0774 e. The second-order valence-electron chi connectivity index (χ2n) is 5.48. The van der Waals surface area contributed by atoms with Gasteiger partial charge < -0.3 is 9.88 Å². The Labute approximate surface area is 117 Å². The van der Waals surface area contributed by atoms with Crippen LogP contribution in [0.25, 0.3) is 22.7 Å². The zero-order chi connectivity index (χ0) is 13.1. The number of fused-ring (bicyclic) bond motifs is 5. The van der Waals surface area contributed by atoms with Crippen molar-refractivity contribution in [1.82, 2.24) is 4.57 Å². The number of benzene rings is 2. The third-order valence-corrected chi connectivity index (χ3v) is 4.39. The van der Waals surface area contributed by atoms with E-state index in [1.165, 1.54) is 39.2 Å². The lowest BCUT2D eigenvalue weighted by Gasteiger charge is -2.22. The fourth-order valence-electron chi connectivity index (χ4n) is 3.55. The predicted octanol–water partition coefficient (Wildman–Crippen LogP) is 4.65. The molecule has 0 radical (unpaired) electrons. The first-order valence-corrected chi connectivity index (χ1v) is 7.13. The molecule has 2 heterocycles. The minimum absolute atomic E-state index is 1.14. The summed E-state index contributed by atoms with van der Waals surface area (Å²) in [5.41, 5.74) is 7.82. The molecule has 96 valence electrons. The van der Waals surface area contributed by atoms with E-state index in [1.54, 1.807) is 0 Å². The summed E-state index contributed by atoms with van der Waals surface area (Å²) < 4.78 is 2.42. The Balaban J connectivity index is 2.03. The van der Waals surface area contributed by atoms with Gasteiger partial charge in [-0.3, -0.25) is 0 Å². The molecule has 1 aliphatic heterocycles. The summed E-state index contributed by atoms with van der Waals surface area (Å²) in [6.45, 7) is 0. The van der Waals surface area contributed by atoms with Crippen LogP contribution in [0.15, 0.2) is 48.5 Å². The van der Waals surface area contributed by atoms with E-state index < -0.39 is 0 Å². The Hall–Kier alpha value is -2.48. The molecular formula is C18H14N2. The van der Waals surface area contributed by atoms with Gasteiger partial charge >= 0.3 is 0 Å². The highest BCUT2D eigenvalue weighted by atomic mass is 15.1. The van der Waals surface area contributed by atoms with Crippen LogP contribution in [0.3, 0.4) is 0 Å². The molecule has 3 aromatic rings. The lowest BCUT2D eigenvalue weighted by atomic mass is 10.0. The number of aromatic nitrogens is 1.